The van der Waals surface area contributed by atoms with Crippen LogP contribution in [0.15, 0.2) is 35.6 Å². The lowest BCUT2D eigenvalue weighted by atomic mass is 10.1. The van der Waals surface area contributed by atoms with Crippen LogP contribution in [0.1, 0.15) is 11.6 Å². The Labute approximate surface area is 129 Å². The van der Waals surface area contributed by atoms with Crippen LogP contribution in [-0.2, 0) is 0 Å². The molecule has 0 spiro atoms. The standard InChI is InChI=1S/C12H16BrN3.2ClH/c1-2-11(16-7-5-14-6-8-16)10-3-4-15-12(13)9-10;;/h2-4,9,11,14H,1,5-8H2;2*1H/t11-;;/m0../s1. The fourth-order valence-corrected chi connectivity index (χ4v) is 2.44. The van der Waals surface area contributed by atoms with Crippen molar-refractivity contribution < 1.29 is 0 Å². The first-order valence-electron chi connectivity index (χ1n) is 5.50. The van der Waals surface area contributed by atoms with Crippen LogP contribution in [0.5, 0.6) is 0 Å². The van der Waals surface area contributed by atoms with Crippen molar-refractivity contribution in [1.29, 1.82) is 0 Å². The summed E-state index contributed by atoms with van der Waals surface area (Å²) >= 11 is 3.41. The zero-order chi connectivity index (χ0) is 11.4. The summed E-state index contributed by atoms with van der Waals surface area (Å²) in [5.41, 5.74) is 1.25. The highest BCUT2D eigenvalue weighted by Gasteiger charge is 2.19. The van der Waals surface area contributed by atoms with E-state index in [-0.39, 0.29) is 24.8 Å². The molecule has 0 radical (unpaired) electrons. The first-order chi connectivity index (χ1) is 7.81. The van der Waals surface area contributed by atoms with Crippen molar-refractivity contribution in [2.24, 2.45) is 0 Å². The van der Waals surface area contributed by atoms with Crippen LogP contribution >= 0.6 is 40.7 Å². The summed E-state index contributed by atoms with van der Waals surface area (Å²) in [5, 5.41) is 3.36. The Morgan fingerprint density at radius 1 is 1.39 bits per heavy atom. The SMILES string of the molecule is C=C[C@@H](c1ccnc(Br)c1)N1CCNCC1.Cl.Cl. The number of pyridine rings is 1. The van der Waals surface area contributed by atoms with Crippen LogP contribution in [0, 0.1) is 0 Å². The summed E-state index contributed by atoms with van der Waals surface area (Å²) in [5.74, 6) is 0. The highest BCUT2D eigenvalue weighted by molar-refractivity contribution is 9.10. The molecule has 1 aromatic rings. The maximum absolute atomic E-state index is 4.15. The Morgan fingerprint density at radius 3 is 2.61 bits per heavy atom. The van der Waals surface area contributed by atoms with E-state index in [1.165, 1.54) is 5.56 Å². The van der Waals surface area contributed by atoms with Gasteiger partial charge < -0.3 is 5.32 Å². The minimum atomic E-state index is 0. The molecule has 1 N–H and O–H groups in total. The van der Waals surface area contributed by atoms with Gasteiger partial charge in [-0.3, -0.25) is 4.90 Å². The molecular formula is C12H18BrCl2N3. The van der Waals surface area contributed by atoms with Gasteiger partial charge in [0, 0.05) is 32.4 Å². The van der Waals surface area contributed by atoms with Gasteiger partial charge in [-0.05, 0) is 33.6 Å². The van der Waals surface area contributed by atoms with Gasteiger partial charge >= 0.3 is 0 Å². The molecule has 18 heavy (non-hydrogen) atoms. The summed E-state index contributed by atoms with van der Waals surface area (Å²) in [7, 11) is 0. The molecule has 1 atom stereocenters. The molecule has 102 valence electrons. The molecule has 2 heterocycles. The topological polar surface area (TPSA) is 28.2 Å². The van der Waals surface area contributed by atoms with Crippen LogP contribution in [0.2, 0.25) is 0 Å². The average molecular weight is 355 g/mol. The minimum absolute atomic E-state index is 0. The fraction of sp³-hybridized carbons (Fsp3) is 0.417. The lowest BCUT2D eigenvalue weighted by Gasteiger charge is -2.33. The van der Waals surface area contributed by atoms with Crippen LogP contribution in [-0.4, -0.2) is 36.1 Å². The van der Waals surface area contributed by atoms with Crippen molar-refractivity contribution in [3.05, 3.63) is 41.2 Å². The number of hydrogen-bond donors (Lipinski definition) is 1. The first kappa shape index (κ1) is 17.9. The van der Waals surface area contributed by atoms with Crippen molar-refractivity contribution in [1.82, 2.24) is 15.2 Å². The average Bonchev–Trinajstić information content (AvgIpc) is 2.31. The third-order valence-electron chi connectivity index (χ3n) is 2.86. The van der Waals surface area contributed by atoms with Gasteiger partial charge in [-0.25, -0.2) is 4.98 Å². The maximum Gasteiger partial charge on any atom is 0.106 e. The molecule has 1 aliphatic heterocycles. The van der Waals surface area contributed by atoms with Gasteiger partial charge in [0.25, 0.3) is 0 Å². The van der Waals surface area contributed by atoms with Crippen molar-refractivity contribution in [2.45, 2.75) is 6.04 Å². The number of halogens is 3. The summed E-state index contributed by atoms with van der Waals surface area (Å²) in [6, 6.07) is 4.41. The van der Waals surface area contributed by atoms with Gasteiger partial charge in [-0.1, -0.05) is 6.08 Å². The third-order valence-corrected chi connectivity index (χ3v) is 3.29. The molecular weight excluding hydrogens is 337 g/mol. The second-order valence-electron chi connectivity index (χ2n) is 3.88. The van der Waals surface area contributed by atoms with Gasteiger partial charge in [0.1, 0.15) is 4.60 Å². The van der Waals surface area contributed by atoms with Crippen molar-refractivity contribution >= 4 is 40.7 Å². The number of nitrogens with one attached hydrogen (secondary N) is 1. The van der Waals surface area contributed by atoms with E-state index < -0.39 is 0 Å². The van der Waals surface area contributed by atoms with E-state index in [2.05, 4.69) is 49.8 Å². The molecule has 1 saturated heterocycles. The summed E-state index contributed by atoms with van der Waals surface area (Å²) in [4.78, 5) is 6.59. The molecule has 0 unspecified atom stereocenters. The van der Waals surface area contributed by atoms with E-state index in [9.17, 15) is 0 Å². The zero-order valence-corrected chi connectivity index (χ0v) is 13.2. The molecule has 0 amide bonds. The van der Waals surface area contributed by atoms with Crippen LogP contribution in [0.25, 0.3) is 0 Å². The van der Waals surface area contributed by atoms with Gasteiger partial charge in [0.15, 0.2) is 0 Å². The van der Waals surface area contributed by atoms with Gasteiger partial charge in [-0.15, -0.1) is 31.4 Å². The second kappa shape index (κ2) is 8.88. The van der Waals surface area contributed by atoms with E-state index in [0.29, 0.717) is 6.04 Å². The highest BCUT2D eigenvalue weighted by Crippen LogP contribution is 2.23. The second-order valence-corrected chi connectivity index (χ2v) is 4.69. The molecule has 0 aromatic carbocycles. The van der Waals surface area contributed by atoms with Crippen molar-refractivity contribution in [3.63, 3.8) is 0 Å². The molecule has 0 bridgehead atoms. The van der Waals surface area contributed by atoms with E-state index in [4.69, 9.17) is 0 Å². The van der Waals surface area contributed by atoms with Crippen molar-refractivity contribution in [2.75, 3.05) is 26.2 Å². The molecule has 0 aliphatic carbocycles. The maximum atomic E-state index is 4.15. The number of hydrogen-bond acceptors (Lipinski definition) is 3. The third kappa shape index (κ3) is 4.52. The predicted molar refractivity (Wildman–Crippen MR) is 83.8 cm³/mol. The van der Waals surface area contributed by atoms with Gasteiger partial charge in [-0.2, -0.15) is 0 Å². The molecule has 0 saturated carbocycles. The van der Waals surface area contributed by atoms with Gasteiger partial charge in [0.05, 0.1) is 6.04 Å². The minimum Gasteiger partial charge on any atom is -0.314 e. The Bertz CT molecular complexity index is 370. The molecule has 1 fully saturated rings. The van der Waals surface area contributed by atoms with Crippen LogP contribution in [0.3, 0.4) is 0 Å². The molecule has 3 nitrogen and oxygen atoms in total. The highest BCUT2D eigenvalue weighted by atomic mass is 79.9. The smallest absolute Gasteiger partial charge is 0.106 e. The first-order valence-corrected chi connectivity index (χ1v) is 6.29. The largest absolute Gasteiger partial charge is 0.314 e. The normalized spacial score (nSPS) is 17.2. The Kier molecular flexibility index (Phi) is 8.82. The Morgan fingerprint density at radius 2 is 2.06 bits per heavy atom. The summed E-state index contributed by atoms with van der Waals surface area (Å²) in [6.07, 6.45) is 3.84. The van der Waals surface area contributed by atoms with E-state index in [1.807, 2.05) is 12.3 Å². The number of aromatic nitrogens is 1. The van der Waals surface area contributed by atoms with Gasteiger partial charge in [0.2, 0.25) is 0 Å². The zero-order valence-electron chi connectivity index (χ0n) is 10.0. The Hall–Kier alpha value is -0.130. The predicted octanol–water partition coefficient (Wildman–Crippen LogP) is 2.82. The van der Waals surface area contributed by atoms with E-state index in [0.717, 1.165) is 30.8 Å². The summed E-state index contributed by atoms with van der Waals surface area (Å²) < 4.78 is 0.881. The lowest BCUT2D eigenvalue weighted by molar-refractivity contribution is 0.203. The lowest BCUT2D eigenvalue weighted by Crippen LogP contribution is -2.44. The molecule has 6 heteroatoms. The summed E-state index contributed by atoms with van der Waals surface area (Å²) in [6.45, 7) is 8.18. The van der Waals surface area contributed by atoms with E-state index in [1.54, 1.807) is 0 Å². The van der Waals surface area contributed by atoms with Crippen LogP contribution < -0.4 is 5.32 Å². The quantitative estimate of drug-likeness (QED) is 0.668. The number of nitrogens with zero attached hydrogens (tertiary/aromatic N) is 2. The Balaban J connectivity index is 0.00000144. The monoisotopic (exact) mass is 353 g/mol. The molecule has 1 aliphatic rings. The molecule has 1 aromatic heterocycles. The van der Waals surface area contributed by atoms with Crippen LogP contribution in [0.4, 0.5) is 0 Å². The number of piperazine rings is 1. The molecule has 2 rings (SSSR count). The van der Waals surface area contributed by atoms with E-state index >= 15 is 0 Å². The number of rotatable bonds is 3. The fourth-order valence-electron chi connectivity index (χ4n) is 2.06. The van der Waals surface area contributed by atoms with Crippen molar-refractivity contribution in [3.8, 4) is 0 Å².